The van der Waals surface area contributed by atoms with Gasteiger partial charge in [-0.25, -0.2) is 0 Å². The van der Waals surface area contributed by atoms with E-state index in [0.717, 1.165) is 19.4 Å². The van der Waals surface area contributed by atoms with E-state index in [-0.39, 0.29) is 12.0 Å². The highest BCUT2D eigenvalue weighted by Crippen LogP contribution is 2.09. The minimum Gasteiger partial charge on any atom is -0.396 e. The van der Waals surface area contributed by atoms with Crippen LogP contribution >= 0.6 is 0 Å². The molecule has 1 aromatic heterocycles. The maximum atomic E-state index is 11.9. The number of amides is 1. The van der Waals surface area contributed by atoms with E-state index < -0.39 is 0 Å². The minimum absolute atomic E-state index is 0.219. The molecule has 1 rings (SSSR count). The first kappa shape index (κ1) is 15.5. The molecule has 0 unspecified atom stereocenters. The lowest BCUT2D eigenvalue weighted by Crippen LogP contribution is -2.26. The normalized spacial score (nSPS) is 10.9. The number of carbonyl (C=O) groups excluding carboxylic acids is 1. The van der Waals surface area contributed by atoms with Gasteiger partial charge in [-0.1, -0.05) is 6.92 Å². The van der Waals surface area contributed by atoms with Crippen LogP contribution in [0.15, 0.2) is 6.20 Å². The van der Waals surface area contributed by atoms with Crippen LogP contribution in [0.1, 0.15) is 44.1 Å². The van der Waals surface area contributed by atoms with E-state index in [1.807, 2.05) is 20.8 Å². The highest BCUT2D eigenvalue weighted by Gasteiger charge is 2.13. The molecule has 0 aliphatic heterocycles. The maximum absolute atomic E-state index is 11.9. The number of nitrogens with one attached hydrogen (secondary N) is 1. The lowest BCUT2D eigenvalue weighted by Gasteiger charge is -2.07. The molecule has 0 fully saturated rings. The molecule has 0 saturated carbocycles. The Bertz CT molecular complexity index is 401. The van der Waals surface area contributed by atoms with E-state index in [1.54, 1.807) is 10.9 Å². The van der Waals surface area contributed by atoms with Crippen molar-refractivity contribution in [3.8, 4) is 0 Å². The Labute approximate surface area is 114 Å². The van der Waals surface area contributed by atoms with Crippen LogP contribution < -0.4 is 11.1 Å². The maximum Gasteiger partial charge on any atom is 0.273 e. The van der Waals surface area contributed by atoms with Gasteiger partial charge in [-0.2, -0.15) is 5.10 Å². The largest absolute Gasteiger partial charge is 0.396 e. The molecule has 0 aliphatic rings. The van der Waals surface area contributed by atoms with Gasteiger partial charge in [-0.05, 0) is 26.7 Å². The Hall–Kier alpha value is -1.56. The van der Waals surface area contributed by atoms with Crippen LogP contribution in [0.4, 0.5) is 5.69 Å². The van der Waals surface area contributed by atoms with Crippen LogP contribution in [-0.2, 0) is 11.3 Å². The zero-order valence-electron chi connectivity index (χ0n) is 12.0. The van der Waals surface area contributed by atoms with Crippen molar-refractivity contribution in [1.29, 1.82) is 0 Å². The Kier molecular flexibility index (Phi) is 6.35. The van der Waals surface area contributed by atoms with E-state index in [4.69, 9.17) is 10.5 Å². The molecule has 0 saturated heterocycles. The first-order valence-corrected chi connectivity index (χ1v) is 6.77. The summed E-state index contributed by atoms with van der Waals surface area (Å²) in [6.45, 7) is 7.98. The SMILES string of the molecule is CCCn1cc(N)c(C(=O)NCCCOC(C)C)n1. The molecule has 108 valence electrons. The second-order valence-electron chi connectivity index (χ2n) is 4.73. The number of hydrogen-bond donors (Lipinski definition) is 2. The van der Waals surface area contributed by atoms with E-state index >= 15 is 0 Å². The predicted molar refractivity (Wildman–Crippen MR) is 75.0 cm³/mol. The standard InChI is InChI=1S/C13H24N4O2/c1-4-7-17-9-11(14)12(16-17)13(18)15-6-5-8-19-10(2)3/h9-10H,4-8,14H2,1-3H3,(H,15,18). The highest BCUT2D eigenvalue weighted by atomic mass is 16.5. The van der Waals surface area contributed by atoms with Gasteiger partial charge in [0.15, 0.2) is 5.69 Å². The Balaban J connectivity index is 2.36. The average Bonchev–Trinajstić information content (AvgIpc) is 2.70. The summed E-state index contributed by atoms with van der Waals surface area (Å²) in [5.74, 6) is -0.225. The third-order valence-electron chi connectivity index (χ3n) is 2.52. The lowest BCUT2D eigenvalue weighted by atomic mass is 10.3. The van der Waals surface area contributed by atoms with Gasteiger partial charge in [0, 0.05) is 25.9 Å². The van der Waals surface area contributed by atoms with E-state index in [1.165, 1.54) is 0 Å². The molecule has 6 heteroatoms. The molecule has 6 nitrogen and oxygen atoms in total. The molecule has 0 aliphatic carbocycles. The molecular formula is C13H24N4O2. The zero-order chi connectivity index (χ0) is 14.3. The summed E-state index contributed by atoms with van der Waals surface area (Å²) in [5.41, 5.74) is 6.50. The molecule has 0 radical (unpaired) electrons. The molecule has 0 aromatic carbocycles. The van der Waals surface area contributed by atoms with Crippen molar-refractivity contribution in [1.82, 2.24) is 15.1 Å². The first-order valence-electron chi connectivity index (χ1n) is 6.77. The second kappa shape index (κ2) is 7.78. The van der Waals surface area contributed by atoms with Crippen LogP contribution in [-0.4, -0.2) is 34.9 Å². The van der Waals surface area contributed by atoms with Crippen LogP contribution in [0.25, 0.3) is 0 Å². The van der Waals surface area contributed by atoms with Crippen molar-refractivity contribution < 1.29 is 9.53 Å². The van der Waals surface area contributed by atoms with Crippen molar-refractivity contribution in [3.63, 3.8) is 0 Å². The molecule has 0 spiro atoms. The number of aryl methyl sites for hydroxylation is 1. The predicted octanol–water partition coefficient (Wildman–Crippen LogP) is 1.42. The summed E-state index contributed by atoms with van der Waals surface area (Å²) >= 11 is 0. The van der Waals surface area contributed by atoms with Gasteiger partial charge in [-0.15, -0.1) is 0 Å². The van der Waals surface area contributed by atoms with Crippen molar-refractivity contribution >= 4 is 11.6 Å². The van der Waals surface area contributed by atoms with Gasteiger partial charge in [0.05, 0.1) is 11.8 Å². The van der Waals surface area contributed by atoms with E-state index in [2.05, 4.69) is 10.4 Å². The summed E-state index contributed by atoms with van der Waals surface area (Å²) in [7, 11) is 0. The Morgan fingerprint density at radius 2 is 2.32 bits per heavy atom. The van der Waals surface area contributed by atoms with Gasteiger partial charge < -0.3 is 15.8 Å². The van der Waals surface area contributed by atoms with Crippen molar-refractivity contribution in [2.24, 2.45) is 0 Å². The average molecular weight is 268 g/mol. The summed E-state index contributed by atoms with van der Waals surface area (Å²) in [6.07, 6.45) is 3.64. The fraction of sp³-hybridized carbons (Fsp3) is 0.692. The summed E-state index contributed by atoms with van der Waals surface area (Å²) in [4.78, 5) is 11.9. The number of carbonyl (C=O) groups is 1. The number of aromatic nitrogens is 2. The number of nitrogens with two attached hydrogens (primary N) is 1. The quantitative estimate of drug-likeness (QED) is 0.699. The number of anilines is 1. The van der Waals surface area contributed by atoms with Gasteiger partial charge in [0.25, 0.3) is 5.91 Å². The highest BCUT2D eigenvalue weighted by molar-refractivity contribution is 5.96. The number of nitrogens with zero attached hydrogens (tertiary/aromatic N) is 2. The van der Waals surface area contributed by atoms with Gasteiger partial charge in [0.2, 0.25) is 0 Å². The molecule has 19 heavy (non-hydrogen) atoms. The fourth-order valence-corrected chi connectivity index (χ4v) is 1.63. The smallest absolute Gasteiger partial charge is 0.273 e. The second-order valence-corrected chi connectivity index (χ2v) is 4.73. The molecule has 0 atom stereocenters. The van der Waals surface area contributed by atoms with Gasteiger partial charge in [0.1, 0.15) is 0 Å². The Morgan fingerprint density at radius 1 is 1.58 bits per heavy atom. The number of rotatable bonds is 8. The summed E-state index contributed by atoms with van der Waals surface area (Å²) in [6, 6.07) is 0. The van der Waals surface area contributed by atoms with Crippen molar-refractivity contribution in [2.45, 2.75) is 46.3 Å². The Morgan fingerprint density at radius 3 is 2.95 bits per heavy atom. The van der Waals surface area contributed by atoms with E-state index in [0.29, 0.717) is 24.5 Å². The van der Waals surface area contributed by atoms with Crippen LogP contribution in [0.2, 0.25) is 0 Å². The number of nitrogen functional groups attached to an aromatic ring is 1. The molecule has 1 heterocycles. The van der Waals surface area contributed by atoms with Crippen molar-refractivity contribution in [2.75, 3.05) is 18.9 Å². The zero-order valence-corrected chi connectivity index (χ0v) is 12.0. The monoisotopic (exact) mass is 268 g/mol. The number of hydrogen-bond acceptors (Lipinski definition) is 4. The molecular weight excluding hydrogens is 244 g/mol. The molecule has 1 aromatic rings. The number of ether oxygens (including phenoxy) is 1. The van der Waals surface area contributed by atoms with Gasteiger partial charge in [-0.3, -0.25) is 9.48 Å². The van der Waals surface area contributed by atoms with Crippen LogP contribution in [0, 0.1) is 0 Å². The molecule has 3 N–H and O–H groups in total. The lowest BCUT2D eigenvalue weighted by molar-refractivity contribution is 0.0756. The fourth-order valence-electron chi connectivity index (χ4n) is 1.63. The third kappa shape index (κ3) is 5.30. The van der Waals surface area contributed by atoms with Gasteiger partial charge >= 0.3 is 0 Å². The van der Waals surface area contributed by atoms with Crippen LogP contribution in [0.5, 0.6) is 0 Å². The summed E-state index contributed by atoms with van der Waals surface area (Å²) < 4.78 is 7.09. The molecule has 0 bridgehead atoms. The third-order valence-corrected chi connectivity index (χ3v) is 2.52. The van der Waals surface area contributed by atoms with Crippen LogP contribution in [0.3, 0.4) is 0 Å². The topological polar surface area (TPSA) is 82.2 Å². The van der Waals surface area contributed by atoms with E-state index in [9.17, 15) is 4.79 Å². The van der Waals surface area contributed by atoms with Crippen molar-refractivity contribution in [3.05, 3.63) is 11.9 Å². The molecule has 1 amide bonds. The first-order chi connectivity index (χ1) is 9.04. The minimum atomic E-state index is -0.225. The summed E-state index contributed by atoms with van der Waals surface area (Å²) in [5, 5.41) is 6.97.